The number of nitrogens with one attached hydrogen (secondary N) is 2. The molecule has 3 aromatic rings. The molecular formula is C35H53FN6O9S. The van der Waals surface area contributed by atoms with Gasteiger partial charge >= 0.3 is 0 Å². The molecule has 0 aliphatic heterocycles. The maximum absolute atomic E-state index is 13.5. The van der Waals surface area contributed by atoms with Crippen molar-refractivity contribution in [3.63, 3.8) is 0 Å². The molecule has 0 unspecified atom stereocenters. The Morgan fingerprint density at radius 1 is 0.846 bits per heavy atom. The minimum atomic E-state index is -0.800. The number of hydrogen-bond acceptors (Lipinski definition) is 13. The minimum absolute atomic E-state index is 0.0754. The molecule has 0 radical (unpaired) electrons. The highest BCUT2D eigenvalue weighted by atomic mass is 32.2. The number of anilines is 1. The second kappa shape index (κ2) is 25.5. The number of imidazole rings is 1. The van der Waals surface area contributed by atoms with Crippen LogP contribution in [0.1, 0.15) is 51.0 Å². The smallest absolute Gasteiger partial charge is 0.280 e. The first-order chi connectivity index (χ1) is 25.3. The van der Waals surface area contributed by atoms with Crippen LogP contribution in [-0.2, 0) is 44.6 Å². The summed E-state index contributed by atoms with van der Waals surface area (Å²) in [7, 11) is 1.72. The summed E-state index contributed by atoms with van der Waals surface area (Å²) in [5.41, 5.74) is 6.35. The Morgan fingerprint density at radius 3 is 1.98 bits per heavy atom. The maximum atomic E-state index is 13.5. The van der Waals surface area contributed by atoms with E-state index >= 15 is 0 Å². The summed E-state index contributed by atoms with van der Waals surface area (Å²) < 4.78 is 47.9. The molecule has 1 aromatic carbocycles. The Morgan fingerprint density at radius 2 is 1.40 bits per heavy atom. The number of thioether (sulfide) groups is 1. The fraction of sp³-hybridized carbons (Fsp3) is 0.629. The van der Waals surface area contributed by atoms with Crippen molar-refractivity contribution in [1.82, 2.24) is 24.8 Å². The number of methoxy groups -OCH3 is 1. The van der Waals surface area contributed by atoms with Gasteiger partial charge in [0.25, 0.3) is 5.56 Å². The van der Waals surface area contributed by atoms with E-state index < -0.39 is 11.6 Å². The molecule has 290 valence electrons. The van der Waals surface area contributed by atoms with Crippen molar-refractivity contribution >= 4 is 40.6 Å². The molecule has 0 spiro atoms. The van der Waals surface area contributed by atoms with Crippen molar-refractivity contribution in [2.75, 3.05) is 91.3 Å². The number of amides is 1. The molecule has 0 fully saturated rings. The molecule has 0 aliphatic rings. The molecule has 0 saturated heterocycles. The van der Waals surface area contributed by atoms with Crippen molar-refractivity contribution in [3.8, 4) is 0 Å². The first-order valence-electron chi connectivity index (χ1n) is 17.6. The number of ether oxygens (including phenoxy) is 6. The number of nitrogens with zero attached hydrogens (tertiary/aromatic N) is 3. The van der Waals surface area contributed by atoms with Gasteiger partial charge in [0.05, 0.1) is 65.4 Å². The van der Waals surface area contributed by atoms with E-state index in [1.54, 1.807) is 23.8 Å². The quantitative estimate of drug-likeness (QED) is 0.0666. The van der Waals surface area contributed by atoms with Gasteiger partial charge in [0.15, 0.2) is 22.1 Å². The molecule has 2 aromatic heterocycles. The number of carbonyl (C=O) groups is 2. The number of unbranched alkanes of at least 4 members (excludes halogenated alkanes) is 3. The lowest BCUT2D eigenvalue weighted by Crippen LogP contribution is -2.41. The number of halogens is 1. The number of ketones is 1. The zero-order valence-electron chi connectivity index (χ0n) is 30.2. The zero-order chi connectivity index (χ0) is 37.4. The highest BCUT2D eigenvalue weighted by Crippen LogP contribution is 2.24. The summed E-state index contributed by atoms with van der Waals surface area (Å²) in [6, 6.07) is 5.10. The van der Waals surface area contributed by atoms with E-state index in [-0.39, 0.29) is 53.3 Å². The van der Waals surface area contributed by atoms with Crippen LogP contribution in [0.25, 0.3) is 11.2 Å². The predicted octanol–water partition coefficient (Wildman–Crippen LogP) is 3.13. The van der Waals surface area contributed by atoms with E-state index in [0.29, 0.717) is 71.0 Å². The first-order valence-corrected chi connectivity index (χ1v) is 18.6. The third-order valence-corrected chi connectivity index (χ3v) is 8.64. The molecule has 3 rings (SSSR count). The van der Waals surface area contributed by atoms with E-state index in [1.807, 2.05) is 0 Å². The fourth-order valence-corrected chi connectivity index (χ4v) is 6.01. The summed E-state index contributed by atoms with van der Waals surface area (Å²) in [4.78, 5) is 48.8. The molecule has 15 nitrogen and oxygen atoms in total. The van der Waals surface area contributed by atoms with Crippen LogP contribution in [0.15, 0.2) is 34.2 Å². The highest BCUT2D eigenvalue weighted by Gasteiger charge is 2.23. The van der Waals surface area contributed by atoms with Crippen LogP contribution in [0.5, 0.6) is 0 Å². The third-order valence-electron chi connectivity index (χ3n) is 7.58. The van der Waals surface area contributed by atoms with Crippen LogP contribution in [0, 0.1) is 5.82 Å². The van der Waals surface area contributed by atoms with Gasteiger partial charge in [-0.2, -0.15) is 4.98 Å². The lowest BCUT2D eigenvalue weighted by molar-refractivity contribution is -0.126. The first kappa shape index (κ1) is 43.0. The van der Waals surface area contributed by atoms with Crippen LogP contribution >= 0.6 is 11.8 Å². The van der Waals surface area contributed by atoms with Gasteiger partial charge < -0.3 is 39.5 Å². The van der Waals surface area contributed by atoms with Crippen LogP contribution in [0.4, 0.5) is 10.3 Å². The lowest BCUT2D eigenvalue weighted by Gasteiger charge is -2.17. The van der Waals surface area contributed by atoms with Gasteiger partial charge in [0.2, 0.25) is 11.9 Å². The second-order valence-electron chi connectivity index (χ2n) is 11.8. The van der Waals surface area contributed by atoms with E-state index in [4.69, 9.17) is 34.2 Å². The number of nitrogen functional groups attached to an aromatic ring is 1. The number of fused-ring (bicyclic) bond motifs is 1. The summed E-state index contributed by atoms with van der Waals surface area (Å²) in [6.07, 6.45) is 5.10. The van der Waals surface area contributed by atoms with Crippen LogP contribution in [0.3, 0.4) is 0 Å². The second-order valence-corrected chi connectivity index (χ2v) is 12.8. The number of Topliss-reactive ketones (excluding diaryl/α,β-unsaturated/α-hetero) is 1. The van der Waals surface area contributed by atoms with E-state index in [1.165, 1.54) is 30.8 Å². The number of benzene rings is 1. The van der Waals surface area contributed by atoms with Gasteiger partial charge in [-0.05, 0) is 37.0 Å². The predicted molar refractivity (Wildman–Crippen MR) is 195 cm³/mol. The van der Waals surface area contributed by atoms with Gasteiger partial charge in [-0.1, -0.05) is 36.7 Å². The summed E-state index contributed by atoms with van der Waals surface area (Å²) in [6.45, 7) is 7.23. The largest absolute Gasteiger partial charge is 0.385 e. The average molecular weight is 753 g/mol. The average Bonchev–Trinajstić information content (AvgIpc) is 3.46. The summed E-state index contributed by atoms with van der Waals surface area (Å²) >= 11 is 1.19. The van der Waals surface area contributed by atoms with Crippen molar-refractivity contribution in [1.29, 1.82) is 0 Å². The van der Waals surface area contributed by atoms with Gasteiger partial charge in [0.1, 0.15) is 5.82 Å². The molecule has 1 atom stereocenters. The van der Waals surface area contributed by atoms with Crippen molar-refractivity contribution < 1.29 is 42.4 Å². The Hall–Kier alpha value is -3.45. The lowest BCUT2D eigenvalue weighted by atomic mass is 10.1. The van der Waals surface area contributed by atoms with Gasteiger partial charge in [-0.25, -0.2) is 9.37 Å². The number of aromatic amines is 1. The fourth-order valence-electron chi connectivity index (χ4n) is 4.96. The Kier molecular flexibility index (Phi) is 21.1. The summed E-state index contributed by atoms with van der Waals surface area (Å²) in [5, 5.41) is 3.11. The molecular weight excluding hydrogens is 699 g/mol. The van der Waals surface area contributed by atoms with E-state index in [2.05, 4.69) is 20.3 Å². The topological polar surface area (TPSA) is 191 Å². The normalized spacial score (nSPS) is 12.1. The zero-order valence-corrected chi connectivity index (χ0v) is 31.0. The van der Waals surface area contributed by atoms with Gasteiger partial charge in [-0.3, -0.25) is 23.9 Å². The number of hydrogen-bond donors (Lipinski definition) is 3. The molecule has 1 amide bonds. The molecule has 0 aliphatic carbocycles. The minimum Gasteiger partial charge on any atom is -0.385 e. The Balaban J connectivity index is 1.28. The molecule has 17 heteroatoms. The molecule has 4 N–H and O–H groups in total. The van der Waals surface area contributed by atoms with Crippen molar-refractivity contribution in [2.24, 2.45) is 0 Å². The van der Waals surface area contributed by atoms with E-state index in [9.17, 15) is 18.8 Å². The standard InChI is InChI=1S/C35H53FN6O9S/c1-26(43)38-29(25-52-35-39-31-32(40-34(37)41-33(31)45)42(35)24-27-9-11-28(36)12-10-27)30(44)8-7-15-48-17-19-50-21-23-51-22-20-49-18-16-47-14-6-4-3-5-13-46-2/h9-12,29H,3-8,13-25H2,1-2H3,(H,38,43)(H3,37,40,41,45)/t29-/m0/s1. The van der Waals surface area contributed by atoms with Gasteiger partial charge in [-0.15, -0.1) is 0 Å². The summed E-state index contributed by atoms with van der Waals surface area (Å²) in [5.74, 6) is -0.812. The van der Waals surface area contributed by atoms with Gasteiger partial charge in [0, 0.05) is 46.0 Å². The third kappa shape index (κ3) is 16.9. The molecule has 52 heavy (non-hydrogen) atoms. The van der Waals surface area contributed by atoms with Crippen molar-refractivity contribution in [2.45, 2.75) is 63.2 Å². The van der Waals surface area contributed by atoms with Crippen LogP contribution in [-0.4, -0.2) is 123 Å². The number of nitrogens with two attached hydrogens (primary N) is 1. The molecule has 0 bridgehead atoms. The number of rotatable bonds is 30. The van der Waals surface area contributed by atoms with E-state index in [0.717, 1.165) is 44.5 Å². The van der Waals surface area contributed by atoms with Crippen LogP contribution < -0.4 is 16.6 Å². The number of carbonyl (C=O) groups excluding carboxylic acids is 2. The van der Waals surface area contributed by atoms with Crippen LogP contribution in [0.2, 0.25) is 0 Å². The molecule has 2 heterocycles. The Labute approximate surface area is 307 Å². The van der Waals surface area contributed by atoms with Crippen molar-refractivity contribution in [3.05, 3.63) is 46.0 Å². The SMILES string of the molecule is COCCCCCCOCCOCCOCCOCCOCCCC(=O)[C@H](CSc1nc2c(=O)[nH]c(N)nc2n1Cc1ccc(F)cc1)NC(C)=O. The number of aromatic nitrogens is 4. The highest BCUT2D eigenvalue weighted by molar-refractivity contribution is 7.99. The maximum Gasteiger partial charge on any atom is 0.280 e. The number of H-pyrrole nitrogens is 1. The molecule has 0 saturated carbocycles. The monoisotopic (exact) mass is 752 g/mol. The Bertz CT molecular complexity index is 1530.